The van der Waals surface area contributed by atoms with Crippen LogP contribution in [0.5, 0.6) is 5.75 Å². The SMILES string of the molecule is CCc1ccccc1N1C[C@@H](c2nc3ccccc3n2CCOc2ccc(C)cc2)CC1=O. The van der Waals surface area contributed by atoms with Gasteiger partial charge in [0.2, 0.25) is 5.91 Å². The molecule has 1 fully saturated rings. The molecule has 0 unspecified atom stereocenters. The first-order valence-corrected chi connectivity index (χ1v) is 11.7. The van der Waals surface area contributed by atoms with Gasteiger partial charge in [0.25, 0.3) is 0 Å². The summed E-state index contributed by atoms with van der Waals surface area (Å²) in [6.45, 7) is 6.07. The number of aromatic nitrogens is 2. The fraction of sp³-hybridized carbons (Fsp3) is 0.286. The fourth-order valence-electron chi connectivity index (χ4n) is 4.72. The highest BCUT2D eigenvalue weighted by molar-refractivity contribution is 5.97. The predicted octanol–water partition coefficient (Wildman–Crippen LogP) is 5.51. The van der Waals surface area contributed by atoms with Crippen molar-refractivity contribution in [3.8, 4) is 5.75 Å². The summed E-state index contributed by atoms with van der Waals surface area (Å²) in [6, 6.07) is 24.5. The second kappa shape index (κ2) is 9.10. The third kappa shape index (κ3) is 4.23. The van der Waals surface area contributed by atoms with Gasteiger partial charge < -0.3 is 14.2 Å². The van der Waals surface area contributed by atoms with Gasteiger partial charge in [0.15, 0.2) is 0 Å². The van der Waals surface area contributed by atoms with Gasteiger partial charge in [0.1, 0.15) is 18.2 Å². The zero-order chi connectivity index (χ0) is 22.8. The van der Waals surface area contributed by atoms with E-state index in [2.05, 4.69) is 48.7 Å². The Kier molecular flexibility index (Phi) is 5.86. The largest absolute Gasteiger partial charge is 0.492 e. The van der Waals surface area contributed by atoms with Crippen LogP contribution in [0.25, 0.3) is 11.0 Å². The minimum absolute atomic E-state index is 0.0502. The highest BCUT2D eigenvalue weighted by Crippen LogP contribution is 2.34. The van der Waals surface area contributed by atoms with E-state index in [1.165, 1.54) is 11.1 Å². The lowest BCUT2D eigenvalue weighted by atomic mass is 10.1. The Bertz CT molecular complexity index is 1280. The van der Waals surface area contributed by atoms with Crippen molar-refractivity contribution >= 4 is 22.6 Å². The number of fused-ring (bicyclic) bond motifs is 1. The molecule has 5 nitrogen and oxygen atoms in total. The average molecular weight is 440 g/mol. The lowest BCUT2D eigenvalue weighted by Crippen LogP contribution is -2.25. The first-order chi connectivity index (χ1) is 16.1. The van der Waals surface area contributed by atoms with Crippen LogP contribution < -0.4 is 9.64 Å². The maximum atomic E-state index is 13.0. The molecule has 1 aliphatic heterocycles. The van der Waals surface area contributed by atoms with Gasteiger partial charge in [-0.2, -0.15) is 0 Å². The van der Waals surface area contributed by atoms with E-state index in [0.29, 0.717) is 26.1 Å². The van der Waals surface area contributed by atoms with E-state index in [-0.39, 0.29) is 11.8 Å². The van der Waals surface area contributed by atoms with Crippen molar-refractivity contribution in [1.82, 2.24) is 9.55 Å². The van der Waals surface area contributed by atoms with Gasteiger partial charge >= 0.3 is 0 Å². The summed E-state index contributed by atoms with van der Waals surface area (Å²) in [5.41, 5.74) is 5.48. The smallest absolute Gasteiger partial charge is 0.227 e. The van der Waals surface area contributed by atoms with Gasteiger partial charge in [-0.25, -0.2) is 4.98 Å². The highest BCUT2D eigenvalue weighted by Gasteiger charge is 2.35. The summed E-state index contributed by atoms with van der Waals surface area (Å²) in [4.78, 5) is 19.9. The van der Waals surface area contributed by atoms with Crippen LogP contribution in [0.4, 0.5) is 5.69 Å². The maximum absolute atomic E-state index is 13.0. The van der Waals surface area contributed by atoms with E-state index >= 15 is 0 Å². The molecule has 0 saturated carbocycles. The number of nitrogens with zero attached hydrogens (tertiary/aromatic N) is 3. The molecule has 0 radical (unpaired) electrons. The van der Waals surface area contributed by atoms with Crippen molar-refractivity contribution in [2.75, 3.05) is 18.1 Å². The standard InChI is InChI=1S/C28H29N3O2/c1-3-21-8-4-6-10-25(21)31-19-22(18-27(31)32)28-29-24-9-5-7-11-26(24)30(28)16-17-33-23-14-12-20(2)13-15-23/h4-15,22H,3,16-19H2,1-2H3/t22-/m0/s1. The number of carbonyl (C=O) groups excluding carboxylic acids is 1. The topological polar surface area (TPSA) is 47.4 Å². The van der Waals surface area contributed by atoms with E-state index < -0.39 is 0 Å². The molecule has 0 N–H and O–H groups in total. The van der Waals surface area contributed by atoms with Crippen LogP contribution in [0.1, 0.15) is 36.2 Å². The molecule has 0 bridgehead atoms. The molecule has 0 aliphatic carbocycles. The van der Waals surface area contributed by atoms with Crippen LogP contribution in [-0.2, 0) is 17.8 Å². The number of imidazole rings is 1. The first-order valence-electron chi connectivity index (χ1n) is 11.7. The number of aryl methyl sites for hydroxylation is 2. The lowest BCUT2D eigenvalue weighted by molar-refractivity contribution is -0.117. The third-order valence-corrected chi connectivity index (χ3v) is 6.44. The number of anilines is 1. The molecule has 1 aromatic heterocycles. The number of amides is 1. The Hall–Kier alpha value is -3.60. The molecule has 2 heterocycles. The molecule has 3 aromatic carbocycles. The first kappa shape index (κ1) is 21.3. The Labute approximate surface area is 194 Å². The molecule has 5 rings (SSSR count). The van der Waals surface area contributed by atoms with Crippen LogP contribution in [0.2, 0.25) is 0 Å². The number of rotatable bonds is 7. The number of para-hydroxylation sites is 3. The second-order valence-corrected chi connectivity index (χ2v) is 8.66. The van der Waals surface area contributed by atoms with Crippen LogP contribution in [0, 0.1) is 6.92 Å². The van der Waals surface area contributed by atoms with E-state index in [1.54, 1.807) is 0 Å². The van der Waals surface area contributed by atoms with Crippen LogP contribution >= 0.6 is 0 Å². The summed E-state index contributed by atoms with van der Waals surface area (Å²) in [6.07, 6.45) is 1.37. The monoisotopic (exact) mass is 439 g/mol. The fourth-order valence-corrected chi connectivity index (χ4v) is 4.72. The highest BCUT2D eigenvalue weighted by atomic mass is 16.5. The molecule has 168 valence electrons. The number of ether oxygens (including phenoxy) is 1. The summed E-state index contributed by atoms with van der Waals surface area (Å²) < 4.78 is 8.25. The Morgan fingerprint density at radius 1 is 1.00 bits per heavy atom. The average Bonchev–Trinajstić information content (AvgIpc) is 3.41. The lowest BCUT2D eigenvalue weighted by Gasteiger charge is -2.20. The molecule has 1 atom stereocenters. The van der Waals surface area contributed by atoms with Gasteiger partial charge in [-0.1, -0.05) is 55.0 Å². The molecule has 5 heteroatoms. The number of hydrogen-bond acceptors (Lipinski definition) is 3. The third-order valence-electron chi connectivity index (χ3n) is 6.44. The molecule has 4 aromatic rings. The van der Waals surface area contributed by atoms with Crippen LogP contribution in [-0.4, -0.2) is 28.6 Å². The Morgan fingerprint density at radius 2 is 1.76 bits per heavy atom. The van der Waals surface area contributed by atoms with E-state index in [1.807, 2.05) is 47.4 Å². The van der Waals surface area contributed by atoms with Crippen LogP contribution in [0.3, 0.4) is 0 Å². The van der Waals surface area contributed by atoms with Crippen molar-refractivity contribution in [2.45, 2.75) is 39.2 Å². The quantitative estimate of drug-likeness (QED) is 0.382. The number of carbonyl (C=O) groups is 1. The van der Waals surface area contributed by atoms with Crippen molar-refractivity contribution in [3.63, 3.8) is 0 Å². The van der Waals surface area contributed by atoms with Crippen molar-refractivity contribution in [2.24, 2.45) is 0 Å². The van der Waals surface area contributed by atoms with Gasteiger partial charge in [-0.15, -0.1) is 0 Å². The minimum Gasteiger partial charge on any atom is -0.492 e. The molecule has 1 amide bonds. The van der Waals surface area contributed by atoms with Gasteiger partial charge in [0.05, 0.1) is 17.6 Å². The summed E-state index contributed by atoms with van der Waals surface area (Å²) in [5, 5.41) is 0. The van der Waals surface area contributed by atoms with Gasteiger partial charge in [-0.05, 0) is 49.2 Å². The molecule has 1 aliphatic rings. The van der Waals surface area contributed by atoms with E-state index in [9.17, 15) is 4.79 Å². The van der Waals surface area contributed by atoms with Crippen molar-refractivity contribution in [3.05, 3.63) is 89.7 Å². The summed E-state index contributed by atoms with van der Waals surface area (Å²) in [7, 11) is 0. The number of benzene rings is 3. The molecule has 0 spiro atoms. The number of hydrogen-bond donors (Lipinski definition) is 0. The van der Waals surface area contributed by atoms with Gasteiger partial charge in [0, 0.05) is 24.6 Å². The summed E-state index contributed by atoms with van der Waals surface area (Å²) in [5.74, 6) is 2.04. The van der Waals surface area contributed by atoms with E-state index in [4.69, 9.17) is 9.72 Å². The maximum Gasteiger partial charge on any atom is 0.227 e. The molecular weight excluding hydrogens is 410 g/mol. The Morgan fingerprint density at radius 3 is 2.58 bits per heavy atom. The summed E-state index contributed by atoms with van der Waals surface area (Å²) >= 11 is 0. The van der Waals surface area contributed by atoms with Crippen molar-refractivity contribution < 1.29 is 9.53 Å². The molecule has 33 heavy (non-hydrogen) atoms. The Balaban J connectivity index is 1.41. The molecular formula is C28H29N3O2. The second-order valence-electron chi connectivity index (χ2n) is 8.66. The van der Waals surface area contributed by atoms with Crippen molar-refractivity contribution in [1.29, 1.82) is 0 Å². The minimum atomic E-state index is 0.0502. The van der Waals surface area contributed by atoms with E-state index in [0.717, 1.165) is 34.7 Å². The predicted molar refractivity (Wildman–Crippen MR) is 132 cm³/mol. The normalized spacial score (nSPS) is 16.0. The van der Waals surface area contributed by atoms with Crippen LogP contribution in [0.15, 0.2) is 72.8 Å². The zero-order valence-electron chi connectivity index (χ0n) is 19.2. The van der Waals surface area contributed by atoms with Gasteiger partial charge in [-0.3, -0.25) is 4.79 Å². The molecule has 1 saturated heterocycles. The zero-order valence-corrected chi connectivity index (χ0v) is 19.2.